The van der Waals surface area contributed by atoms with Crippen LogP contribution < -0.4 is 0 Å². The molecule has 0 radical (unpaired) electrons. The van der Waals surface area contributed by atoms with E-state index in [1.54, 1.807) is 13.0 Å². The van der Waals surface area contributed by atoms with E-state index in [9.17, 15) is 9.59 Å². The van der Waals surface area contributed by atoms with Crippen molar-refractivity contribution in [2.45, 2.75) is 38.3 Å². The lowest BCUT2D eigenvalue weighted by Crippen LogP contribution is -2.53. The van der Waals surface area contributed by atoms with E-state index >= 15 is 0 Å². The first-order valence-electron chi connectivity index (χ1n) is 7.90. The van der Waals surface area contributed by atoms with Crippen molar-refractivity contribution in [1.29, 1.82) is 0 Å². The monoisotopic (exact) mass is 317 g/mol. The van der Waals surface area contributed by atoms with Gasteiger partial charge in [-0.15, -0.1) is 6.58 Å². The van der Waals surface area contributed by atoms with E-state index in [0.717, 1.165) is 12.0 Å². The van der Waals surface area contributed by atoms with Crippen molar-refractivity contribution in [3.8, 4) is 0 Å². The molecule has 23 heavy (non-hydrogen) atoms. The molecule has 1 atom stereocenters. The largest absolute Gasteiger partial charge is 0.464 e. The molecule has 1 aliphatic heterocycles. The lowest BCUT2D eigenvalue weighted by molar-refractivity contribution is -0.155. The molecule has 1 amide bonds. The summed E-state index contributed by atoms with van der Waals surface area (Å²) in [6.45, 7) is 6.42. The van der Waals surface area contributed by atoms with Gasteiger partial charge in [0.05, 0.1) is 6.61 Å². The van der Waals surface area contributed by atoms with Crippen LogP contribution in [-0.4, -0.2) is 35.7 Å². The molecule has 5 heteroatoms. The standard InChI is InChI=1S/C18H23NO4/c1-3-11-18(16(20)22-4-2)12-8-13-19(18)17(21)23-14-15-9-6-5-7-10-15/h3,5-7,9-10H,1,4,8,11-14H2,2H3/t18-/m1/s1. The lowest BCUT2D eigenvalue weighted by atomic mass is 9.92. The molecule has 0 aromatic heterocycles. The van der Waals surface area contributed by atoms with Crippen LogP contribution in [0, 0.1) is 0 Å². The maximum Gasteiger partial charge on any atom is 0.411 e. The number of rotatable bonds is 6. The van der Waals surface area contributed by atoms with E-state index in [1.165, 1.54) is 4.90 Å². The molecular formula is C18H23NO4. The Hall–Kier alpha value is -2.30. The minimum Gasteiger partial charge on any atom is -0.464 e. The fourth-order valence-electron chi connectivity index (χ4n) is 2.95. The average molecular weight is 317 g/mol. The molecule has 1 heterocycles. The van der Waals surface area contributed by atoms with Crippen LogP contribution in [0.2, 0.25) is 0 Å². The van der Waals surface area contributed by atoms with Crippen molar-refractivity contribution in [2.24, 2.45) is 0 Å². The highest BCUT2D eigenvalue weighted by atomic mass is 16.6. The van der Waals surface area contributed by atoms with E-state index in [-0.39, 0.29) is 19.2 Å². The van der Waals surface area contributed by atoms with E-state index < -0.39 is 11.6 Å². The van der Waals surface area contributed by atoms with Gasteiger partial charge in [-0.2, -0.15) is 0 Å². The predicted molar refractivity (Wildman–Crippen MR) is 86.7 cm³/mol. The summed E-state index contributed by atoms with van der Waals surface area (Å²) in [5.41, 5.74) is -0.0728. The van der Waals surface area contributed by atoms with Gasteiger partial charge in [0.2, 0.25) is 0 Å². The molecule has 0 aliphatic carbocycles. The molecule has 0 saturated carbocycles. The highest BCUT2D eigenvalue weighted by Crippen LogP contribution is 2.35. The maximum atomic E-state index is 12.5. The molecule has 5 nitrogen and oxygen atoms in total. The van der Waals surface area contributed by atoms with E-state index in [1.807, 2.05) is 30.3 Å². The third-order valence-electron chi connectivity index (χ3n) is 4.05. The van der Waals surface area contributed by atoms with Gasteiger partial charge in [-0.3, -0.25) is 4.90 Å². The van der Waals surface area contributed by atoms with Crippen molar-refractivity contribution < 1.29 is 19.1 Å². The Labute approximate surface area is 136 Å². The smallest absolute Gasteiger partial charge is 0.411 e. The second kappa shape index (κ2) is 7.81. The fourth-order valence-corrected chi connectivity index (χ4v) is 2.95. The fraction of sp³-hybridized carbons (Fsp3) is 0.444. The summed E-state index contributed by atoms with van der Waals surface area (Å²) < 4.78 is 10.6. The number of esters is 1. The topological polar surface area (TPSA) is 55.8 Å². The molecule has 1 aromatic rings. The zero-order valence-corrected chi connectivity index (χ0v) is 13.5. The van der Waals surface area contributed by atoms with Gasteiger partial charge in [-0.25, -0.2) is 9.59 Å². The van der Waals surface area contributed by atoms with Crippen LogP contribution in [-0.2, 0) is 20.9 Å². The van der Waals surface area contributed by atoms with Crippen molar-refractivity contribution in [3.63, 3.8) is 0 Å². The van der Waals surface area contributed by atoms with Crippen molar-refractivity contribution >= 4 is 12.1 Å². The van der Waals surface area contributed by atoms with Crippen molar-refractivity contribution in [3.05, 3.63) is 48.6 Å². The summed E-state index contributed by atoms with van der Waals surface area (Å²) in [6, 6.07) is 9.46. The molecule has 1 aromatic carbocycles. The minimum absolute atomic E-state index is 0.184. The van der Waals surface area contributed by atoms with E-state index in [4.69, 9.17) is 9.47 Å². The Kier molecular flexibility index (Phi) is 5.79. The zero-order valence-electron chi connectivity index (χ0n) is 13.5. The number of ether oxygens (including phenoxy) is 2. The number of benzene rings is 1. The van der Waals surface area contributed by atoms with Crippen molar-refractivity contribution in [1.82, 2.24) is 4.90 Å². The highest BCUT2D eigenvalue weighted by Gasteiger charge is 2.50. The Morgan fingerprint density at radius 3 is 2.70 bits per heavy atom. The number of amides is 1. The van der Waals surface area contributed by atoms with E-state index in [0.29, 0.717) is 19.4 Å². The van der Waals surface area contributed by atoms with E-state index in [2.05, 4.69) is 6.58 Å². The first-order chi connectivity index (χ1) is 11.1. The molecule has 1 fully saturated rings. The Bertz CT molecular complexity index is 557. The Balaban J connectivity index is 2.09. The number of carbonyl (C=O) groups is 2. The van der Waals surface area contributed by atoms with Crippen LogP contribution in [0.5, 0.6) is 0 Å². The van der Waals surface area contributed by atoms with Gasteiger partial charge in [0.1, 0.15) is 12.1 Å². The first kappa shape index (κ1) is 17.1. The molecule has 0 spiro atoms. The first-order valence-corrected chi connectivity index (χ1v) is 7.90. The quantitative estimate of drug-likeness (QED) is 0.597. The zero-order chi connectivity index (χ0) is 16.7. The van der Waals surface area contributed by atoms with Gasteiger partial charge in [0, 0.05) is 6.54 Å². The number of carbonyl (C=O) groups excluding carboxylic acids is 2. The average Bonchev–Trinajstić information content (AvgIpc) is 2.99. The summed E-state index contributed by atoms with van der Waals surface area (Å²) in [7, 11) is 0. The van der Waals surface area contributed by atoms with Crippen molar-refractivity contribution in [2.75, 3.05) is 13.2 Å². The van der Waals surface area contributed by atoms with Crippen LogP contribution >= 0.6 is 0 Å². The highest BCUT2D eigenvalue weighted by molar-refractivity contribution is 5.86. The lowest BCUT2D eigenvalue weighted by Gasteiger charge is -2.34. The molecule has 2 rings (SSSR count). The Morgan fingerprint density at radius 1 is 1.30 bits per heavy atom. The number of likely N-dealkylation sites (tertiary alicyclic amines) is 1. The summed E-state index contributed by atoms with van der Waals surface area (Å²) in [5.74, 6) is -0.380. The molecular weight excluding hydrogens is 294 g/mol. The Morgan fingerprint density at radius 2 is 2.04 bits per heavy atom. The number of nitrogens with zero attached hydrogens (tertiary/aromatic N) is 1. The normalized spacial score (nSPS) is 20.1. The number of hydrogen-bond donors (Lipinski definition) is 0. The van der Waals surface area contributed by atoms with Gasteiger partial charge in [-0.05, 0) is 31.7 Å². The maximum absolute atomic E-state index is 12.5. The SMILES string of the molecule is C=CC[C@]1(C(=O)OCC)CCCN1C(=O)OCc1ccccc1. The van der Waals surface area contributed by atoms with Gasteiger partial charge < -0.3 is 9.47 Å². The van der Waals surface area contributed by atoms with Crippen LogP contribution in [0.25, 0.3) is 0 Å². The molecule has 0 N–H and O–H groups in total. The van der Waals surface area contributed by atoms with Gasteiger partial charge in [0.25, 0.3) is 0 Å². The minimum atomic E-state index is -0.981. The molecule has 0 unspecified atom stereocenters. The second-order valence-electron chi connectivity index (χ2n) is 5.54. The summed E-state index contributed by atoms with van der Waals surface area (Å²) in [5, 5.41) is 0. The summed E-state index contributed by atoms with van der Waals surface area (Å²) >= 11 is 0. The second-order valence-corrected chi connectivity index (χ2v) is 5.54. The van der Waals surface area contributed by atoms with Crippen LogP contribution in [0.4, 0.5) is 4.79 Å². The predicted octanol–water partition coefficient (Wildman–Crippen LogP) is 3.30. The molecule has 1 saturated heterocycles. The van der Waals surface area contributed by atoms with Gasteiger partial charge in [-0.1, -0.05) is 36.4 Å². The van der Waals surface area contributed by atoms with Crippen LogP contribution in [0.1, 0.15) is 31.7 Å². The summed E-state index contributed by atoms with van der Waals surface area (Å²) in [4.78, 5) is 26.4. The third-order valence-corrected chi connectivity index (χ3v) is 4.05. The summed E-state index contributed by atoms with van der Waals surface area (Å²) in [6.07, 6.45) is 2.85. The van der Waals surface area contributed by atoms with Gasteiger partial charge in [0.15, 0.2) is 0 Å². The van der Waals surface area contributed by atoms with Crippen LogP contribution in [0.3, 0.4) is 0 Å². The molecule has 124 valence electrons. The van der Waals surface area contributed by atoms with Gasteiger partial charge >= 0.3 is 12.1 Å². The van der Waals surface area contributed by atoms with Crippen LogP contribution in [0.15, 0.2) is 43.0 Å². The number of hydrogen-bond acceptors (Lipinski definition) is 4. The third kappa shape index (κ3) is 3.73. The molecule has 1 aliphatic rings. The molecule has 0 bridgehead atoms.